The van der Waals surface area contributed by atoms with Gasteiger partial charge < -0.3 is 15.0 Å². The molecule has 0 radical (unpaired) electrons. The molecule has 4 heterocycles. The molecule has 1 N–H and O–H groups in total. The van der Waals surface area contributed by atoms with Crippen LogP contribution in [0.15, 0.2) is 42.6 Å². The third-order valence-corrected chi connectivity index (χ3v) is 8.89. The summed E-state index contributed by atoms with van der Waals surface area (Å²) in [6.07, 6.45) is 12.8. The quantitative estimate of drug-likeness (QED) is 0.695. The standard InChI is InChI=1S/C28H37N3O/c1-21-19-22-7-6-8-23-24(10-17-31(21)26(22)23)29-16-13-27(25-9-2-5-15-30-25)14-18-32-28(20-27)11-3-4-12-28/h2,5-9,15,21,24,29H,3-4,10-14,16-20H2,1H3/t21?,24?,27-/m1/s1. The van der Waals surface area contributed by atoms with Gasteiger partial charge in [-0.2, -0.15) is 0 Å². The lowest BCUT2D eigenvalue weighted by molar-refractivity contribution is -0.104. The second-order valence-electron chi connectivity index (χ2n) is 10.8. The van der Waals surface area contributed by atoms with E-state index in [-0.39, 0.29) is 11.0 Å². The molecule has 6 rings (SSSR count). The Kier molecular flexibility index (Phi) is 5.26. The van der Waals surface area contributed by atoms with E-state index >= 15 is 0 Å². The molecule has 1 spiro atoms. The van der Waals surface area contributed by atoms with Crippen molar-refractivity contribution >= 4 is 5.69 Å². The first-order chi connectivity index (χ1) is 15.7. The zero-order valence-electron chi connectivity index (χ0n) is 19.5. The molecule has 32 heavy (non-hydrogen) atoms. The predicted molar refractivity (Wildman–Crippen MR) is 129 cm³/mol. The maximum atomic E-state index is 6.43. The molecule has 4 heteroatoms. The maximum absolute atomic E-state index is 6.43. The van der Waals surface area contributed by atoms with Crippen LogP contribution in [0.5, 0.6) is 0 Å². The molecule has 170 valence electrons. The molecule has 4 aliphatic rings. The molecule has 2 aromatic rings. The van der Waals surface area contributed by atoms with Crippen molar-refractivity contribution in [3.8, 4) is 0 Å². The second-order valence-corrected chi connectivity index (χ2v) is 10.8. The molecule has 1 aliphatic carbocycles. The maximum Gasteiger partial charge on any atom is 0.0691 e. The smallest absolute Gasteiger partial charge is 0.0691 e. The minimum absolute atomic E-state index is 0.0947. The van der Waals surface area contributed by atoms with Gasteiger partial charge in [-0.25, -0.2) is 0 Å². The number of ether oxygens (including phenoxy) is 1. The average molecular weight is 432 g/mol. The Labute approximate surface area is 192 Å². The number of rotatable bonds is 5. The van der Waals surface area contributed by atoms with Crippen molar-refractivity contribution in [2.75, 3.05) is 24.6 Å². The van der Waals surface area contributed by atoms with Crippen molar-refractivity contribution in [3.05, 3.63) is 59.4 Å². The van der Waals surface area contributed by atoms with E-state index in [4.69, 9.17) is 9.72 Å². The highest BCUT2D eigenvalue weighted by atomic mass is 16.5. The Hall–Kier alpha value is -1.91. The number of pyridine rings is 1. The van der Waals surface area contributed by atoms with Crippen LogP contribution in [0.4, 0.5) is 5.69 Å². The highest BCUT2D eigenvalue weighted by Gasteiger charge is 2.48. The van der Waals surface area contributed by atoms with Gasteiger partial charge >= 0.3 is 0 Å². The average Bonchev–Trinajstić information content (AvgIpc) is 3.40. The van der Waals surface area contributed by atoms with E-state index in [1.165, 1.54) is 62.0 Å². The summed E-state index contributed by atoms with van der Waals surface area (Å²) in [6.45, 7) is 5.46. The molecule has 4 nitrogen and oxygen atoms in total. The molecular weight excluding hydrogens is 394 g/mol. The van der Waals surface area contributed by atoms with Crippen LogP contribution in [0.2, 0.25) is 0 Å². The molecule has 3 atom stereocenters. The molecule has 1 aromatic carbocycles. The van der Waals surface area contributed by atoms with Gasteiger partial charge in [-0.3, -0.25) is 4.98 Å². The van der Waals surface area contributed by atoms with Crippen LogP contribution in [0.25, 0.3) is 0 Å². The molecule has 1 saturated heterocycles. The number of nitrogens with zero attached hydrogens (tertiary/aromatic N) is 2. The third kappa shape index (κ3) is 3.47. The van der Waals surface area contributed by atoms with E-state index in [1.807, 2.05) is 12.3 Å². The van der Waals surface area contributed by atoms with Gasteiger partial charge in [0.1, 0.15) is 0 Å². The van der Waals surface area contributed by atoms with Crippen molar-refractivity contribution in [1.29, 1.82) is 0 Å². The Bertz CT molecular complexity index is 954. The normalized spacial score (nSPS) is 30.6. The van der Waals surface area contributed by atoms with Crippen LogP contribution in [0.3, 0.4) is 0 Å². The lowest BCUT2D eigenvalue weighted by Gasteiger charge is -2.46. The lowest BCUT2D eigenvalue weighted by atomic mass is 9.68. The van der Waals surface area contributed by atoms with E-state index in [9.17, 15) is 0 Å². The second kappa shape index (κ2) is 8.14. The molecule has 2 fully saturated rings. The molecular formula is C28H37N3O. The van der Waals surface area contributed by atoms with E-state index in [2.05, 4.69) is 47.5 Å². The summed E-state index contributed by atoms with van der Waals surface area (Å²) in [7, 11) is 0. The first-order valence-electron chi connectivity index (χ1n) is 12.9. The fraction of sp³-hybridized carbons (Fsp3) is 0.607. The van der Waals surface area contributed by atoms with Crippen LogP contribution in [0.1, 0.15) is 81.2 Å². The fourth-order valence-electron chi connectivity index (χ4n) is 7.31. The SMILES string of the molecule is CC1Cc2cccc3c2N1CCC3NCC[C@@]1(c2ccccn2)CCOC2(CCCC2)C1. The fourth-order valence-corrected chi connectivity index (χ4v) is 7.31. The minimum atomic E-state index is 0.0947. The number of hydrogen-bond donors (Lipinski definition) is 1. The first kappa shape index (κ1) is 20.7. The third-order valence-electron chi connectivity index (χ3n) is 8.89. The van der Waals surface area contributed by atoms with Gasteiger partial charge in [-0.15, -0.1) is 0 Å². The first-order valence-corrected chi connectivity index (χ1v) is 12.9. The Morgan fingerprint density at radius 3 is 2.88 bits per heavy atom. The topological polar surface area (TPSA) is 37.4 Å². The van der Waals surface area contributed by atoms with E-state index in [0.29, 0.717) is 12.1 Å². The Balaban J connectivity index is 1.21. The highest BCUT2D eigenvalue weighted by molar-refractivity contribution is 5.66. The zero-order valence-corrected chi connectivity index (χ0v) is 19.5. The number of nitrogens with one attached hydrogen (secondary N) is 1. The van der Waals surface area contributed by atoms with Crippen LogP contribution in [-0.4, -0.2) is 36.3 Å². The van der Waals surface area contributed by atoms with E-state index in [0.717, 1.165) is 32.4 Å². The highest BCUT2D eigenvalue weighted by Crippen LogP contribution is 2.50. The van der Waals surface area contributed by atoms with Crippen molar-refractivity contribution in [2.45, 2.75) is 87.8 Å². The van der Waals surface area contributed by atoms with Gasteiger partial charge in [-0.1, -0.05) is 37.1 Å². The largest absolute Gasteiger partial charge is 0.375 e. The van der Waals surface area contributed by atoms with E-state index < -0.39 is 0 Å². The van der Waals surface area contributed by atoms with Crippen molar-refractivity contribution in [3.63, 3.8) is 0 Å². The summed E-state index contributed by atoms with van der Waals surface area (Å²) < 4.78 is 6.43. The minimum Gasteiger partial charge on any atom is -0.375 e. The zero-order chi connectivity index (χ0) is 21.6. The van der Waals surface area contributed by atoms with Crippen LogP contribution < -0.4 is 10.2 Å². The summed E-state index contributed by atoms with van der Waals surface area (Å²) in [5.41, 5.74) is 6.09. The van der Waals surface area contributed by atoms with Crippen LogP contribution >= 0.6 is 0 Å². The Morgan fingerprint density at radius 1 is 1.12 bits per heavy atom. The summed E-state index contributed by atoms with van der Waals surface area (Å²) >= 11 is 0. The van der Waals surface area contributed by atoms with Gasteiger partial charge in [0.05, 0.1) is 5.60 Å². The summed E-state index contributed by atoms with van der Waals surface area (Å²) in [5, 5.41) is 3.99. The van der Waals surface area contributed by atoms with Gasteiger partial charge in [0.2, 0.25) is 0 Å². The van der Waals surface area contributed by atoms with E-state index in [1.54, 1.807) is 5.56 Å². The molecule has 2 unspecified atom stereocenters. The molecule has 1 aromatic heterocycles. The number of para-hydroxylation sites is 1. The molecule has 1 saturated carbocycles. The molecule has 0 amide bonds. The van der Waals surface area contributed by atoms with Gasteiger partial charge in [0.25, 0.3) is 0 Å². The van der Waals surface area contributed by atoms with Crippen molar-refractivity contribution < 1.29 is 4.74 Å². The summed E-state index contributed by atoms with van der Waals surface area (Å²) in [4.78, 5) is 7.52. The van der Waals surface area contributed by atoms with Crippen LogP contribution in [-0.2, 0) is 16.6 Å². The molecule has 0 bridgehead atoms. The number of benzene rings is 1. The van der Waals surface area contributed by atoms with Crippen molar-refractivity contribution in [1.82, 2.24) is 10.3 Å². The Morgan fingerprint density at radius 2 is 2.03 bits per heavy atom. The van der Waals surface area contributed by atoms with Gasteiger partial charge in [-0.05, 0) is 81.7 Å². The predicted octanol–water partition coefficient (Wildman–Crippen LogP) is 5.32. The van der Waals surface area contributed by atoms with Gasteiger partial charge in [0.15, 0.2) is 0 Å². The number of anilines is 1. The van der Waals surface area contributed by atoms with Crippen LogP contribution in [0, 0.1) is 0 Å². The van der Waals surface area contributed by atoms with Crippen molar-refractivity contribution in [2.24, 2.45) is 0 Å². The monoisotopic (exact) mass is 431 g/mol. The summed E-state index contributed by atoms with van der Waals surface area (Å²) in [5.74, 6) is 0. The lowest BCUT2D eigenvalue weighted by Crippen LogP contribution is -2.48. The number of hydrogen-bond acceptors (Lipinski definition) is 4. The van der Waals surface area contributed by atoms with Gasteiger partial charge in [0, 0.05) is 48.2 Å². The molecule has 3 aliphatic heterocycles. The summed E-state index contributed by atoms with van der Waals surface area (Å²) in [6, 6.07) is 14.5. The number of aromatic nitrogens is 1.